The molecule has 3 aromatic carbocycles. The van der Waals surface area contributed by atoms with Gasteiger partial charge in [0.1, 0.15) is 17.1 Å². The minimum Gasteiger partial charge on any atom is -0.492 e. The predicted octanol–water partition coefficient (Wildman–Crippen LogP) is 5.44. The van der Waals surface area contributed by atoms with Crippen molar-refractivity contribution in [2.45, 2.75) is 63.8 Å². The van der Waals surface area contributed by atoms with Crippen molar-refractivity contribution in [3.8, 4) is 16.9 Å². The maximum atomic E-state index is 15.8. The van der Waals surface area contributed by atoms with Crippen molar-refractivity contribution >= 4 is 28.3 Å². The van der Waals surface area contributed by atoms with Gasteiger partial charge >= 0.3 is 5.97 Å². The summed E-state index contributed by atoms with van der Waals surface area (Å²) < 4.78 is 49.7. The molecule has 282 valence electrons. The largest absolute Gasteiger partial charge is 0.492 e. The van der Waals surface area contributed by atoms with Gasteiger partial charge in [0.25, 0.3) is 0 Å². The lowest BCUT2D eigenvalue weighted by Crippen LogP contribution is -2.49. The number of methoxy groups -OCH3 is 1. The van der Waals surface area contributed by atoms with Crippen LogP contribution in [0.4, 0.5) is 14.5 Å². The molecule has 4 aromatic rings. The smallest absolute Gasteiger partial charge is 0.341 e. The van der Waals surface area contributed by atoms with Gasteiger partial charge in [0.15, 0.2) is 17.3 Å². The molecule has 6 rings (SSSR count). The Labute approximate surface area is 306 Å². The fraction of sp³-hybridized carbons (Fsp3) is 0.425. The minimum absolute atomic E-state index is 0.0213. The molecular formula is C40H45F2N3O8. The van der Waals surface area contributed by atoms with Gasteiger partial charge in [0, 0.05) is 55.3 Å². The number of halogens is 2. The van der Waals surface area contributed by atoms with Gasteiger partial charge in [-0.05, 0) is 49.9 Å². The minimum atomic E-state index is -2.20. The van der Waals surface area contributed by atoms with Crippen LogP contribution >= 0.6 is 0 Å². The van der Waals surface area contributed by atoms with Crippen LogP contribution in [0.15, 0.2) is 59.4 Å². The SMILES string of the molecule is COc1c(N2CCNC(C)C2)c(F)cc2c(=O)c(C(=O)O)c(CCOCCOC(C)(O)C(=O)C(C)c3ccc(-c4ccccc4)c(F)c3)n(C3CC3)c12. The number of nitrogens with zero attached hydrogens (tertiary/aromatic N) is 2. The lowest BCUT2D eigenvalue weighted by molar-refractivity contribution is -0.202. The molecule has 0 bridgehead atoms. The number of hydrogen-bond donors (Lipinski definition) is 3. The molecular weight excluding hydrogens is 688 g/mol. The van der Waals surface area contributed by atoms with Crippen molar-refractivity contribution in [2.75, 3.05) is 51.5 Å². The second-order valence-electron chi connectivity index (χ2n) is 13.9. The van der Waals surface area contributed by atoms with Gasteiger partial charge < -0.3 is 39.2 Å². The van der Waals surface area contributed by atoms with Crippen LogP contribution in [0.2, 0.25) is 0 Å². The summed E-state index contributed by atoms with van der Waals surface area (Å²) in [6.45, 7) is 6.16. The predicted molar refractivity (Wildman–Crippen MR) is 196 cm³/mol. The van der Waals surface area contributed by atoms with E-state index in [1.807, 2.05) is 17.9 Å². The molecule has 2 aliphatic rings. The van der Waals surface area contributed by atoms with Gasteiger partial charge in [-0.25, -0.2) is 13.6 Å². The van der Waals surface area contributed by atoms with Crippen molar-refractivity contribution < 1.29 is 42.8 Å². The molecule has 2 fully saturated rings. The highest BCUT2D eigenvalue weighted by Crippen LogP contribution is 2.45. The Morgan fingerprint density at radius 2 is 1.79 bits per heavy atom. The third kappa shape index (κ3) is 7.84. The number of rotatable bonds is 15. The first kappa shape index (κ1) is 38.0. The summed E-state index contributed by atoms with van der Waals surface area (Å²) in [6, 6.07) is 14.6. The Balaban J connectivity index is 1.16. The lowest BCUT2D eigenvalue weighted by Gasteiger charge is -2.35. The van der Waals surface area contributed by atoms with Crippen molar-refractivity contribution in [1.82, 2.24) is 9.88 Å². The lowest BCUT2D eigenvalue weighted by atomic mass is 9.91. The molecule has 3 atom stereocenters. The zero-order valence-corrected chi connectivity index (χ0v) is 30.3. The van der Waals surface area contributed by atoms with Gasteiger partial charge in [0.2, 0.25) is 11.2 Å². The average Bonchev–Trinajstić information content (AvgIpc) is 3.98. The number of ether oxygens (including phenoxy) is 3. The Bertz CT molecular complexity index is 2070. The Kier molecular flexibility index (Phi) is 11.3. The van der Waals surface area contributed by atoms with E-state index < -0.39 is 46.1 Å². The van der Waals surface area contributed by atoms with E-state index in [1.165, 1.54) is 20.1 Å². The number of nitrogens with one attached hydrogen (secondary N) is 1. The molecule has 1 aromatic heterocycles. The number of benzene rings is 3. The molecule has 2 heterocycles. The van der Waals surface area contributed by atoms with Crippen LogP contribution in [-0.2, 0) is 20.7 Å². The van der Waals surface area contributed by atoms with E-state index in [0.29, 0.717) is 41.8 Å². The van der Waals surface area contributed by atoms with E-state index in [0.717, 1.165) is 18.9 Å². The molecule has 1 saturated heterocycles. The van der Waals surface area contributed by atoms with Crippen LogP contribution < -0.4 is 20.4 Å². The van der Waals surface area contributed by atoms with E-state index >= 15 is 8.78 Å². The summed E-state index contributed by atoms with van der Waals surface area (Å²) >= 11 is 0. The standard InChI is InChI=1S/C40H45F2N3O8/c1-23-22-44(16-15-43-23)35-31(42)21-29-34(37(35)51-4)45(27-11-12-27)32(33(36(29)46)39(48)49)14-17-52-18-19-53-40(3,50)38(47)24(2)26-10-13-28(30(41)20-26)25-8-6-5-7-9-25/h5-10,13,20-21,23-24,27,43,50H,11-12,14-19,22H2,1-4H3,(H,48,49). The number of aromatic carboxylic acids is 1. The highest BCUT2D eigenvalue weighted by Gasteiger charge is 2.37. The number of carbonyl (C=O) groups excluding carboxylic acids is 1. The highest BCUT2D eigenvalue weighted by molar-refractivity contribution is 5.98. The van der Waals surface area contributed by atoms with E-state index in [2.05, 4.69) is 5.32 Å². The fourth-order valence-corrected chi connectivity index (χ4v) is 7.21. The summed E-state index contributed by atoms with van der Waals surface area (Å²) in [6.07, 6.45) is 1.51. The summed E-state index contributed by atoms with van der Waals surface area (Å²) in [5, 5.41) is 24.4. The summed E-state index contributed by atoms with van der Waals surface area (Å²) in [5.74, 6) is -6.15. The fourth-order valence-electron chi connectivity index (χ4n) is 7.21. The first-order chi connectivity index (χ1) is 25.3. The average molecular weight is 734 g/mol. The number of aromatic nitrogens is 1. The summed E-state index contributed by atoms with van der Waals surface area (Å²) in [5.41, 5.74) is 1.04. The molecule has 1 saturated carbocycles. The number of pyridine rings is 1. The summed E-state index contributed by atoms with van der Waals surface area (Å²) in [4.78, 5) is 41.4. The highest BCUT2D eigenvalue weighted by atomic mass is 19.1. The van der Waals surface area contributed by atoms with Crippen molar-refractivity contribution in [1.29, 1.82) is 0 Å². The Morgan fingerprint density at radius 1 is 1.06 bits per heavy atom. The van der Waals surface area contributed by atoms with Crippen LogP contribution in [-0.4, -0.2) is 84.9 Å². The molecule has 3 N–H and O–H groups in total. The van der Waals surface area contributed by atoms with E-state index in [-0.39, 0.29) is 60.8 Å². The zero-order chi connectivity index (χ0) is 38.0. The molecule has 1 aliphatic heterocycles. The molecule has 13 heteroatoms. The number of aliphatic hydroxyl groups is 1. The van der Waals surface area contributed by atoms with Crippen molar-refractivity contribution in [2.24, 2.45) is 0 Å². The second-order valence-corrected chi connectivity index (χ2v) is 13.9. The van der Waals surface area contributed by atoms with E-state index in [4.69, 9.17) is 14.2 Å². The molecule has 3 unspecified atom stereocenters. The van der Waals surface area contributed by atoms with Gasteiger partial charge in [-0.3, -0.25) is 9.59 Å². The van der Waals surface area contributed by atoms with Gasteiger partial charge in [-0.2, -0.15) is 0 Å². The third-order valence-corrected chi connectivity index (χ3v) is 10.0. The van der Waals surface area contributed by atoms with Crippen LogP contribution in [0, 0.1) is 11.6 Å². The topological polar surface area (TPSA) is 140 Å². The first-order valence-corrected chi connectivity index (χ1v) is 17.9. The van der Waals surface area contributed by atoms with Crippen molar-refractivity contribution in [3.05, 3.63) is 93.3 Å². The second kappa shape index (κ2) is 15.7. The number of anilines is 1. The molecule has 0 spiro atoms. The van der Waals surface area contributed by atoms with Crippen LogP contribution in [0.3, 0.4) is 0 Å². The quantitative estimate of drug-likeness (QED) is 0.107. The number of ketones is 1. The third-order valence-electron chi connectivity index (χ3n) is 10.0. The van der Waals surface area contributed by atoms with Crippen LogP contribution in [0.5, 0.6) is 5.75 Å². The number of carboxylic acids is 1. The van der Waals surface area contributed by atoms with Gasteiger partial charge in [-0.1, -0.05) is 49.4 Å². The molecule has 11 nitrogen and oxygen atoms in total. The monoisotopic (exact) mass is 733 g/mol. The van der Waals surface area contributed by atoms with Crippen LogP contribution in [0.25, 0.3) is 22.0 Å². The number of carbonyl (C=O) groups is 2. The maximum absolute atomic E-state index is 15.8. The first-order valence-electron chi connectivity index (χ1n) is 17.9. The molecule has 53 heavy (non-hydrogen) atoms. The van der Waals surface area contributed by atoms with Crippen LogP contribution in [0.1, 0.15) is 67.2 Å². The Hall–Kier alpha value is -4.69. The van der Waals surface area contributed by atoms with Crippen molar-refractivity contribution in [3.63, 3.8) is 0 Å². The number of carboxylic acid groups (broad SMARTS) is 1. The van der Waals surface area contributed by atoms with Gasteiger partial charge in [0.05, 0.1) is 37.8 Å². The number of Topliss-reactive ketones (excluding diaryl/α,β-unsaturated/α-hetero) is 1. The maximum Gasteiger partial charge on any atom is 0.341 e. The number of piperazine rings is 1. The number of hydrogen-bond acceptors (Lipinski definition) is 9. The normalized spacial score (nSPS) is 17.8. The molecule has 0 amide bonds. The summed E-state index contributed by atoms with van der Waals surface area (Å²) in [7, 11) is 1.42. The molecule has 1 aliphatic carbocycles. The van der Waals surface area contributed by atoms with E-state index in [1.54, 1.807) is 47.9 Å². The zero-order valence-electron chi connectivity index (χ0n) is 30.3. The number of fused-ring (bicyclic) bond motifs is 1. The van der Waals surface area contributed by atoms with E-state index in [9.17, 15) is 24.6 Å². The van der Waals surface area contributed by atoms with Gasteiger partial charge in [-0.15, -0.1) is 0 Å². The molecule has 0 radical (unpaired) electrons. The Morgan fingerprint density at radius 3 is 2.43 bits per heavy atom.